The zero-order valence-corrected chi connectivity index (χ0v) is 13.7. The Balaban J connectivity index is 1.77. The van der Waals surface area contributed by atoms with Crippen LogP contribution >= 0.6 is 0 Å². The summed E-state index contributed by atoms with van der Waals surface area (Å²) in [4.78, 5) is 33.6. The highest BCUT2D eigenvalue weighted by molar-refractivity contribution is 5.92. The number of nitro groups is 1. The first-order valence-electron chi connectivity index (χ1n) is 7.70. The van der Waals surface area contributed by atoms with Crippen molar-refractivity contribution in [3.8, 4) is 0 Å². The van der Waals surface area contributed by atoms with Gasteiger partial charge in [0.2, 0.25) is 0 Å². The van der Waals surface area contributed by atoms with Crippen LogP contribution in [0.15, 0.2) is 54.6 Å². The maximum atomic E-state index is 11.8. The summed E-state index contributed by atoms with van der Waals surface area (Å²) in [7, 11) is 0. The summed E-state index contributed by atoms with van der Waals surface area (Å²) < 4.78 is 4.97. The van der Waals surface area contributed by atoms with Gasteiger partial charge >= 0.3 is 5.97 Å². The van der Waals surface area contributed by atoms with Gasteiger partial charge in [0.15, 0.2) is 6.61 Å². The fourth-order valence-corrected chi connectivity index (χ4v) is 2.22. The standard InChI is InChI=1S/C18H18N2O5/c1-13(14-5-3-2-4-6-14)11-18(22)25-12-17(21)19-15-7-9-16(10-8-15)20(23)24/h2-10,13H,11-12H2,1H3,(H,19,21)/t13-/m0/s1. The molecule has 25 heavy (non-hydrogen) atoms. The van der Waals surface area contributed by atoms with E-state index < -0.39 is 23.4 Å². The number of nitro benzene ring substituents is 1. The molecule has 0 heterocycles. The number of non-ortho nitro benzene ring substituents is 1. The van der Waals surface area contributed by atoms with Crippen LogP contribution in [0.5, 0.6) is 0 Å². The highest BCUT2D eigenvalue weighted by Crippen LogP contribution is 2.19. The number of anilines is 1. The number of carbonyl (C=O) groups excluding carboxylic acids is 2. The lowest BCUT2D eigenvalue weighted by atomic mass is 9.98. The first-order valence-corrected chi connectivity index (χ1v) is 7.70. The SMILES string of the molecule is C[C@@H](CC(=O)OCC(=O)Nc1ccc([N+](=O)[O-])cc1)c1ccccc1. The van der Waals surface area contributed by atoms with Crippen LogP contribution in [0, 0.1) is 10.1 Å². The monoisotopic (exact) mass is 342 g/mol. The maximum absolute atomic E-state index is 11.8. The largest absolute Gasteiger partial charge is 0.456 e. The second-order valence-electron chi connectivity index (χ2n) is 5.53. The maximum Gasteiger partial charge on any atom is 0.306 e. The van der Waals surface area contributed by atoms with Crippen LogP contribution in [0.2, 0.25) is 0 Å². The normalized spacial score (nSPS) is 11.4. The predicted molar refractivity (Wildman–Crippen MR) is 92.2 cm³/mol. The van der Waals surface area contributed by atoms with Crippen molar-refractivity contribution in [2.75, 3.05) is 11.9 Å². The van der Waals surface area contributed by atoms with Crippen molar-refractivity contribution in [1.82, 2.24) is 0 Å². The third-order valence-corrected chi connectivity index (χ3v) is 3.57. The van der Waals surface area contributed by atoms with Crippen molar-refractivity contribution in [3.63, 3.8) is 0 Å². The molecule has 0 bridgehead atoms. The quantitative estimate of drug-likeness (QED) is 0.473. The third-order valence-electron chi connectivity index (χ3n) is 3.57. The summed E-state index contributed by atoms with van der Waals surface area (Å²) in [6.07, 6.45) is 0.175. The summed E-state index contributed by atoms with van der Waals surface area (Å²) in [6, 6.07) is 14.9. The molecule has 0 spiro atoms. The van der Waals surface area contributed by atoms with Gasteiger partial charge in [-0.05, 0) is 23.6 Å². The van der Waals surface area contributed by atoms with Crippen molar-refractivity contribution in [2.45, 2.75) is 19.3 Å². The van der Waals surface area contributed by atoms with Gasteiger partial charge in [0, 0.05) is 17.8 Å². The molecule has 7 nitrogen and oxygen atoms in total. The number of nitrogens with zero attached hydrogens (tertiary/aromatic N) is 1. The minimum atomic E-state index is -0.527. The van der Waals surface area contributed by atoms with Crippen LogP contribution in [-0.2, 0) is 14.3 Å². The van der Waals surface area contributed by atoms with Crippen molar-refractivity contribution in [1.29, 1.82) is 0 Å². The Labute approximate surface area is 144 Å². The van der Waals surface area contributed by atoms with Crippen LogP contribution in [0.1, 0.15) is 24.8 Å². The molecule has 0 aromatic heterocycles. The van der Waals surface area contributed by atoms with E-state index in [0.717, 1.165) is 5.56 Å². The number of benzene rings is 2. The Bertz CT molecular complexity index is 744. The lowest BCUT2D eigenvalue weighted by molar-refractivity contribution is -0.384. The Morgan fingerprint density at radius 1 is 1.12 bits per heavy atom. The van der Waals surface area contributed by atoms with E-state index in [1.54, 1.807) is 0 Å². The molecule has 2 rings (SSSR count). The van der Waals surface area contributed by atoms with Crippen molar-refractivity contribution in [3.05, 3.63) is 70.3 Å². The number of hydrogen-bond acceptors (Lipinski definition) is 5. The average Bonchev–Trinajstić information content (AvgIpc) is 2.61. The van der Waals surface area contributed by atoms with Crippen molar-refractivity contribution in [2.24, 2.45) is 0 Å². The van der Waals surface area contributed by atoms with Gasteiger partial charge in [-0.1, -0.05) is 37.3 Å². The van der Waals surface area contributed by atoms with Crippen LogP contribution in [-0.4, -0.2) is 23.4 Å². The molecule has 130 valence electrons. The van der Waals surface area contributed by atoms with Gasteiger partial charge in [0.25, 0.3) is 11.6 Å². The fourth-order valence-electron chi connectivity index (χ4n) is 2.22. The van der Waals surface area contributed by atoms with Gasteiger partial charge in [-0.15, -0.1) is 0 Å². The Hall–Kier alpha value is -3.22. The fraction of sp³-hybridized carbons (Fsp3) is 0.222. The first kappa shape index (κ1) is 18.1. The Morgan fingerprint density at radius 3 is 2.36 bits per heavy atom. The number of nitrogens with one attached hydrogen (secondary N) is 1. The molecule has 1 N–H and O–H groups in total. The smallest absolute Gasteiger partial charge is 0.306 e. The molecular weight excluding hydrogens is 324 g/mol. The van der Waals surface area contributed by atoms with Gasteiger partial charge in [-0.2, -0.15) is 0 Å². The number of amides is 1. The summed E-state index contributed by atoms with van der Waals surface area (Å²) in [5.74, 6) is -0.976. The van der Waals surface area contributed by atoms with E-state index in [0.29, 0.717) is 5.69 Å². The molecule has 0 saturated heterocycles. The van der Waals surface area contributed by atoms with Crippen LogP contribution in [0.4, 0.5) is 11.4 Å². The van der Waals surface area contributed by atoms with Crippen molar-refractivity contribution < 1.29 is 19.2 Å². The predicted octanol–water partition coefficient (Wildman–Crippen LogP) is 3.27. The molecule has 2 aromatic rings. The van der Waals surface area contributed by atoms with Crippen molar-refractivity contribution >= 4 is 23.3 Å². The number of carbonyl (C=O) groups is 2. The molecule has 0 aliphatic rings. The highest BCUT2D eigenvalue weighted by Gasteiger charge is 2.14. The van der Waals surface area contributed by atoms with E-state index in [1.165, 1.54) is 24.3 Å². The van der Waals surface area contributed by atoms with Crippen LogP contribution in [0.3, 0.4) is 0 Å². The number of ether oxygens (including phenoxy) is 1. The van der Waals surface area contributed by atoms with Gasteiger partial charge < -0.3 is 10.1 Å². The van der Waals surface area contributed by atoms with E-state index in [9.17, 15) is 19.7 Å². The zero-order valence-electron chi connectivity index (χ0n) is 13.7. The van der Waals surface area contributed by atoms with Crippen LogP contribution < -0.4 is 5.32 Å². The molecule has 0 saturated carbocycles. The highest BCUT2D eigenvalue weighted by atomic mass is 16.6. The lowest BCUT2D eigenvalue weighted by Crippen LogP contribution is -2.21. The van der Waals surface area contributed by atoms with Gasteiger partial charge in [-0.25, -0.2) is 0 Å². The third kappa shape index (κ3) is 5.72. The molecule has 0 fully saturated rings. The van der Waals surface area contributed by atoms with E-state index in [4.69, 9.17) is 4.74 Å². The number of rotatable bonds is 7. The van der Waals surface area contributed by atoms with E-state index in [-0.39, 0.29) is 18.0 Å². The minimum Gasteiger partial charge on any atom is -0.456 e. The van der Waals surface area contributed by atoms with Gasteiger partial charge in [0.1, 0.15) is 0 Å². The lowest BCUT2D eigenvalue weighted by Gasteiger charge is -2.11. The molecular formula is C18H18N2O5. The zero-order chi connectivity index (χ0) is 18.2. The van der Waals surface area contributed by atoms with Gasteiger partial charge in [-0.3, -0.25) is 19.7 Å². The second-order valence-corrected chi connectivity index (χ2v) is 5.53. The number of esters is 1. The molecule has 1 amide bonds. The topological polar surface area (TPSA) is 98.5 Å². The molecule has 0 aliphatic heterocycles. The van der Waals surface area contributed by atoms with Crippen LogP contribution in [0.25, 0.3) is 0 Å². The molecule has 0 aliphatic carbocycles. The Morgan fingerprint density at radius 2 is 1.76 bits per heavy atom. The molecule has 7 heteroatoms. The van der Waals surface area contributed by atoms with E-state index in [2.05, 4.69) is 5.32 Å². The molecule has 2 aromatic carbocycles. The summed E-state index contributed by atoms with van der Waals surface area (Å²) in [6.45, 7) is 1.50. The summed E-state index contributed by atoms with van der Waals surface area (Å²) >= 11 is 0. The molecule has 0 unspecified atom stereocenters. The van der Waals surface area contributed by atoms with E-state index >= 15 is 0 Å². The molecule has 1 atom stereocenters. The second kappa shape index (κ2) is 8.58. The molecule has 0 radical (unpaired) electrons. The summed E-state index contributed by atoms with van der Waals surface area (Å²) in [5, 5.41) is 13.1. The summed E-state index contributed by atoms with van der Waals surface area (Å²) in [5.41, 5.74) is 1.35. The van der Waals surface area contributed by atoms with E-state index in [1.807, 2.05) is 37.3 Å². The van der Waals surface area contributed by atoms with Gasteiger partial charge in [0.05, 0.1) is 11.3 Å². The minimum absolute atomic E-state index is 0.00793. The average molecular weight is 342 g/mol. The Kier molecular flexibility index (Phi) is 6.22. The first-order chi connectivity index (χ1) is 12.0. The number of hydrogen-bond donors (Lipinski definition) is 1.